The normalized spacial score (nSPS) is 11.0. The van der Waals surface area contributed by atoms with Gasteiger partial charge in [0.05, 0.1) is 29.2 Å². The number of hydrogen-bond acceptors (Lipinski definition) is 8. The van der Waals surface area contributed by atoms with Crippen LogP contribution in [0.2, 0.25) is 0 Å². The Balaban J connectivity index is 1.85. The molecule has 0 aliphatic rings. The van der Waals surface area contributed by atoms with Crippen LogP contribution in [0.3, 0.4) is 0 Å². The Kier molecular flexibility index (Phi) is 6.85. The van der Waals surface area contributed by atoms with Gasteiger partial charge < -0.3 is 10.1 Å². The third-order valence-electron chi connectivity index (χ3n) is 4.48. The number of aromatic nitrogens is 2. The SMILES string of the molecule is COCCn1c(SCC(=O)Nc2ccccc2[N+](=O)[O-])nc2sc(C)c(C)c2c1=O. The molecule has 0 spiro atoms. The summed E-state index contributed by atoms with van der Waals surface area (Å²) in [5.41, 5.74) is 0.680. The number of nitro benzene ring substituents is 1. The Hall–Kier alpha value is -2.76. The lowest BCUT2D eigenvalue weighted by Crippen LogP contribution is -2.26. The second-order valence-electron chi connectivity index (χ2n) is 6.42. The fraction of sp³-hybridized carbons (Fsp3) is 0.316. The number of anilines is 1. The van der Waals surface area contributed by atoms with E-state index in [0.717, 1.165) is 22.2 Å². The summed E-state index contributed by atoms with van der Waals surface area (Å²) in [5, 5.41) is 14.7. The molecule has 3 aromatic rings. The van der Waals surface area contributed by atoms with Crippen molar-refractivity contribution in [3.05, 3.63) is 55.2 Å². The van der Waals surface area contributed by atoms with Crippen LogP contribution in [0.4, 0.5) is 11.4 Å². The van der Waals surface area contributed by atoms with Crippen LogP contribution in [0.5, 0.6) is 0 Å². The Morgan fingerprint density at radius 3 is 2.80 bits per heavy atom. The first kappa shape index (κ1) is 21.9. The maximum Gasteiger partial charge on any atom is 0.292 e. The monoisotopic (exact) mass is 448 g/mol. The van der Waals surface area contributed by atoms with Crippen molar-refractivity contribution < 1.29 is 14.5 Å². The van der Waals surface area contributed by atoms with E-state index in [4.69, 9.17) is 4.74 Å². The number of benzene rings is 1. The van der Waals surface area contributed by atoms with Gasteiger partial charge in [0.25, 0.3) is 11.2 Å². The van der Waals surface area contributed by atoms with E-state index in [-0.39, 0.29) is 22.7 Å². The van der Waals surface area contributed by atoms with Crippen LogP contribution < -0.4 is 10.9 Å². The molecule has 0 bridgehead atoms. The average Bonchev–Trinajstić information content (AvgIpc) is 3.00. The molecule has 1 N–H and O–H groups in total. The van der Waals surface area contributed by atoms with Crippen molar-refractivity contribution in [1.29, 1.82) is 0 Å². The first-order chi connectivity index (χ1) is 14.3. The van der Waals surface area contributed by atoms with Crippen molar-refractivity contribution in [3.8, 4) is 0 Å². The molecule has 2 aromatic heterocycles. The zero-order valence-electron chi connectivity index (χ0n) is 16.6. The van der Waals surface area contributed by atoms with Gasteiger partial charge in [-0.25, -0.2) is 4.98 Å². The van der Waals surface area contributed by atoms with E-state index in [9.17, 15) is 19.7 Å². The van der Waals surface area contributed by atoms with E-state index in [1.807, 2.05) is 13.8 Å². The van der Waals surface area contributed by atoms with E-state index < -0.39 is 10.8 Å². The zero-order valence-corrected chi connectivity index (χ0v) is 18.3. The molecule has 0 saturated carbocycles. The number of fused-ring (bicyclic) bond motifs is 1. The van der Waals surface area contributed by atoms with Crippen LogP contribution >= 0.6 is 23.1 Å². The van der Waals surface area contributed by atoms with E-state index in [1.54, 1.807) is 13.2 Å². The predicted molar refractivity (Wildman–Crippen MR) is 118 cm³/mol. The summed E-state index contributed by atoms with van der Waals surface area (Å²) >= 11 is 2.54. The number of para-hydroxylation sites is 2. The third-order valence-corrected chi connectivity index (χ3v) is 6.56. The standard InChI is InChI=1S/C19H20N4O5S2/c1-11-12(2)30-17-16(11)18(25)22(8-9-28-3)19(21-17)29-10-15(24)20-13-6-4-5-7-14(13)23(26)27/h4-7H,8-10H2,1-3H3,(H,20,24). The van der Waals surface area contributed by atoms with E-state index in [1.165, 1.54) is 34.1 Å². The molecular formula is C19H20N4O5S2. The maximum atomic E-state index is 13.0. The molecule has 3 rings (SSSR count). The predicted octanol–water partition coefficient (Wildman–Crippen LogP) is 3.36. The molecule has 9 nitrogen and oxygen atoms in total. The fourth-order valence-corrected chi connectivity index (χ4v) is 4.75. The van der Waals surface area contributed by atoms with Crippen molar-refractivity contribution in [2.24, 2.45) is 0 Å². The number of nitrogens with zero attached hydrogens (tertiary/aromatic N) is 3. The van der Waals surface area contributed by atoms with Crippen LogP contribution in [0.1, 0.15) is 10.4 Å². The molecule has 0 aliphatic carbocycles. The topological polar surface area (TPSA) is 116 Å². The number of thioether (sulfide) groups is 1. The lowest BCUT2D eigenvalue weighted by molar-refractivity contribution is -0.383. The molecule has 2 heterocycles. The number of nitro groups is 1. The first-order valence-electron chi connectivity index (χ1n) is 8.99. The van der Waals surface area contributed by atoms with Gasteiger partial charge in [0.2, 0.25) is 5.91 Å². The Morgan fingerprint density at radius 1 is 1.37 bits per heavy atom. The highest BCUT2D eigenvalue weighted by atomic mass is 32.2. The summed E-state index contributed by atoms with van der Waals surface area (Å²) < 4.78 is 6.61. The van der Waals surface area contributed by atoms with Gasteiger partial charge in [0.1, 0.15) is 10.5 Å². The number of carbonyl (C=O) groups is 1. The van der Waals surface area contributed by atoms with Gasteiger partial charge >= 0.3 is 0 Å². The number of ether oxygens (including phenoxy) is 1. The van der Waals surface area contributed by atoms with Crippen LogP contribution in [0.25, 0.3) is 10.2 Å². The largest absolute Gasteiger partial charge is 0.383 e. The van der Waals surface area contributed by atoms with E-state index in [0.29, 0.717) is 28.5 Å². The average molecular weight is 449 g/mol. The van der Waals surface area contributed by atoms with E-state index in [2.05, 4.69) is 10.3 Å². The van der Waals surface area contributed by atoms with Gasteiger partial charge in [0, 0.05) is 18.1 Å². The number of amides is 1. The second-order valence-corrected chi connectivity index (χ2v) is 8.56. The lowest BCUT2D eigenvalue weighted by atomic mass is 10.2. The van der Waals surface area contributed by atoms with Gasteiger partial charge in [-0.1, -0.05) is 23.9 Å². The Labute approximate surface area is 180 Å². The second kappa shape index (κ2) is 9.37. The van der Waals surface area contributed by atoms with Crippen LogP contribution in [-0.4, -0.2) is 39.9 Å². The van der Waals surface area contributed by atoms with Crippen LogP contribution in [0, 0.1) is 24.0 Å². The molecular weight excluding hydrogens is 428 g/mol. The molecule has 0 fully saturated rings. The van der Waals surface area contributed by atoms with Crippen molar-refractivity contribution in [2.75, 3.05) is 24.8 Å². The lowest BCUT2D eigenvalue weighted by Gasteiger charge is -2.12. The number of carbonyl (C=O) groups excluding carboxylic acids is 1. The molecule has 0 unspecified atom stereocenters. The Morgan fingerprint density at radius 2 is 2.10 bits per heavy atom. The van der Waals surface area contributed by atoms with Gasteiger partial charge in [-0.05, 0) is 25.5 Å². The zero-order chi connectivity index (χ0) is 21.8. The van der Waals surface area contributed by atoms with Crippen molar-refractivity contribution in [1.82, 2.24) is 9.55 Å². The number of methoxy groups -OCH3 is 1. The fourth-order valence-electron chi connectivity index (χ4n) is 2.85. The molecule has 30 heavy (non-hydrogen) atoms. The minimum Gasteiger partial charge on any atom is -0.383 e. The molecule has 0 saturated heterocycles. The summed E-state index contributed by atoms with van der Waals surface area (Å²) in [7, 11) is 1.55. The quantitative estimate of drug-likeness (QED) is 0.243. The molecule has 0 aliphatic heterocycles. The minimum absolute atomic E-state index is 0.0552. The third kappa shape index (κ3) is 4.53. The highest BCUT2D eigenvalue weighted by molar-refractivity contribution is 7.99. The number of nitrogens with one attached hydrogen (secondary N) is 1. The van der Waals surface area contributed by atoms with Crippen molar-refractivity contribution in [3.63, 3.8) is 0 Å². The summed E-state index contributed by atoms with van der Waals surface area (Å²) in [6.45, 7) is 4.46. The molecule has 1 amide bonds. The molecule has 158 valence electrons. The van der Waals surface area contributed by atoms with Crippen LogP contribution in [-0.2, 0) is 16.1 Å². The van der Waals surface area contributed by atoms with Crippen LogP contribution in [0.15, 0.2) is 34.2 Å². The van der Waals surface area contributed by atoms with Gasteiger partial charge in [0.15, 0.2) is 5.16 Å². The molecule has 1 aromatic carbocycles. The Bertz CT molecular complexity index is 1170. The van der Waals surface area contributed by atoms with Crippen molar-refractivity contribution in [2.45, 2.75) is 25.5 Å². The summed E-state index contributed by atoms with van der Waals surface area (Å²) in [6, 6.07) is 5.93. The van der Waals surface area contributed by atoms with E-state index >= 15 is 0 Å². The highest BCUT2D eigenvalue weighted by Crippen LogP contribution is 2.29. The smallest absolute Gasteiger partial charge is 0.292 e. The van der Waals surface area contributed by atoms with Gasteiger partial charge in [-0.3, -0.25) is 24.3 Å². The van der Waals surface area contributed by atoms with Crippen molar-refractivity contribution >= 4 is 50.6 Å². The van der Waals surface area contributed by atoms with Gasteiger partial charge in [-0.15, -0.1) is 11.3 Å². The summed E-state index contributed by atoms with van der Waals surface area (Å²) in [5.74, 6) is -0.485. The first-order valence-corrected chi connectivity index (χ1v) is 10.8. The molecule has 0 atom stereocenters. The summed E-state index contributed by atoms with van der Waals surface area (Å²) in [6.07, 6.45) is 0. The maximum absolute atomic E-state index is 13.0. The minimum atomic E-state index is -0.553. The number of hydrogen-bond donors (Lipinski definition) is 1. The number of thiophene rings is 1. The number of rotatable bonds is 8. The molecule has 0 radical (unpaired) electrons. The number of aryl methyl sites for hydroxylation is 2. The molecule has 11 heteroatoms. The van der Waals surface area contributed by atoms with Gasteiger partial charge in [-0.2, -0.15) is 0 Å². The summed E-state index contributed by atoms with van der Waals surface area (Å²) in [4.78, 5) is 42.2. The highest BCUT2D eigenvalue weighted by Gasteiger charge is 2.19.